The van der Waals surface area contributed by atoms with E-state index in [-0.39, 0.29) is 0 Å². The largest absolute Gasteiger partial charge is 0.361 e. The van der Waals surface area contributed by atoms with Gasteiger partial charge in [0.2, 0.25) is 0 Å². The summed E-state index contributed by atoms with van der Waals surface area (Å²) in [6.07, 6.45) is 5.31. The summed E-state index contributed by atoms with van der Waals surface area (Å²) in [5, 5.41) is 5.13. The summed E-state index contributed by atoms with van der Waals surface area (Å²) < 4.78 is 0. The van der Waals surface area contributed by atoms with E-state index in [0.717, 1.165) is 39.4 Å². The molecular weight excluding hydrogens is 264 g/mol. The SMILES string of the molecule is CCCCNc1nc2cnc(SCCC)nc2s1. The van der Waals surface area contributed by atoms with Crippen molar-refractivity contribution in [2.45, 2.75) is 38.3 Å². The maximum absolute atomic E-state index is 4.53. The minimum atomic E-state index is 0.855. The van der Waals surface area contributed by atoms with Crippen LogP contribution in [-0.4, -0.2) is 27.2 Å². The molecule has 1 N–H and O–H groups in total. The zero-order chi connectivity index (χ0) is 12.8. The van der Waals surface area contributed by atoms with Gasteiger partial charge in [0.25, 0.3) is 0 Å². The Bertz CT molecular complexity index is 498. The molecule has 0 bridgehead atoms. The van der Waals surface area contributed by atoms with Crippen molar-refractivity contribution in [3.63, 3.8) is 0 Å². The van der Waals surface area contributed by atoms with Crippen LogP contribution in [0.25, 0.3) is 10.3 Å². The van der Waals surface area contributed by atoms with Crippen LogP contribution in [-0.2, 0) is 0 Å². The van der Waals surface area contributed by atoms with E-state index in [1.54, 1.807) is 23.1 Å². The number of hydrogen-bond donors (Lipinski definition) is 1. The molecule has 0 saturated carbocycles. The first kappa shape index (κ1) is 13.5. The second-order valence-electron chi connectivity index (χ2n) is 3.99. The molecule has 0 aliphatic rings. The molecule has 0 amide bonds. The van der Waals surface area contributed by atoms with Crippen molar-refractivity contribution < 1.29 is 0 Å². The molecule has 6 heteroatoms. The number of nitrogens with one attached hydrogen (secondary N) is 1. The summed E-state index contributed by atoms with van der Waals surface area (Å²) in [5.74, 6) is 1.06. The number of unbranched alkanes of at least 4 members (excludes halogenated alkanes) is 1. The number of nitrogens with zero attached hydrogens (tertiary/aromatic N) is 3. The number of aromatic nitrogens is 3. The van der Waals surface area contributed by atoms with Crippen molar-refractivity contribution in [1.29, 1.82) is 0 Å². The van der Waals surface area contributed by atoms with Gasteiger partial charge in [-0.25, -0.2) is 15.0 Å². The Morgan fingerprint density at radius 3 is 2.94 bits per heavy atom. The fourth-order valence-corrected chi connectivity index (χ4v) is 2.99. The van der Waals surface area contributed by atoms with Crippen molar-refractivity contribution in [2.24, 2.45) is 0 Å². The summed E-state index contributed by atoms with van der Waals surface area (Å²) in [6.45, 7) is 5.32. The Balaban J connectivity index is 2.07. The topological polar surface area (TPSA) is 50.7 Å². The number of rotatable bonds is 7. The predicted octanol–water partition coefficient (Wildman–Crippen LogP) is 3.80. The molecule has 0 spiro atoms. The first-order valence-corrected chi connectivity index (χ1v) is 8.14. The maximum atomic E-state index is 4.53. The fourth-order valence-electron chi connectivity index (χ4n) is 1.43. The third kappa shape index (κ3) is 3.55. The molecule has 18 heavy (non-hydrogen) atoms. The third-order valence-electron chi connectivity index (χ3n) is 2.37. The van der Waals surface area contributed by atoms with E-state index in [2.05, 4.69) is 34.1 Å². The van der Waals surface area contributed by atoms with Crippen molar-refractivity contribution in [3.8, 4) is 0 Å². The van der Waals surface area contributed by atoms with Gasteiger partial charge in [0.15, 0.2) is 10.3 Å². The van der Waals surface area contributed by atoms with E-state index < -0.39 is 0 Å². The Kier molecular flexibility index (Phi) is 5.19. The van der Waals surface area contributed by atoms with Gasteiger partial charge in [-0.3, -0.25) is 0 Å². The normalized spacial score (nSPS) is 11.0. The summed E-state index contributed by atoms with van der Waals surface area (Å²) in [5.41, 5.74) is 0.889. The van der Waals surface area contributed by atoms with Gasteiger partial charge < -0.3 is 5.32 Å². The molecule has 0 aliphatic heterocycles. The van der Waals surface area contributed by atoms with Crippen molar-refractivity contribution in [1.82, 2.24) is 15.0 Å². The maximum Gasteiger partial charge on any atom is 0.189 e. The Hall–Kier alpha value is -0.880. The molecule has 0 fully saturated rings. The van der Waals surface area contributed by atoms with E-state index >= 15 is 0 Å². The monoisotopic (exact) mass is 282 g/mol. The van der Waals surface area contributed by atoms with Crippen LogP contribution in [0, 0.1) is 0 Å². The summed E-state index contributed by atoms with van der Waals surface area (Å²) in [7, 11) is 0. The average molecular weight is 282 g/mol. The fraction of sp³-hybridized carbons (Fsp3) is 0.583. The molecule has 98 valence electrons. The highest BCUT2D eigenvalue weighted by Crippen LogP contribution is 2.25. The van der Waals surface area contributed by atoms with Crippen LogP contribution in [0.4, 0.5) is 5.13 Å². The molecule has 0 saturated heterocycles. The quantitative estimate of drug-likeness (QED) is 0.475. The number of thiazole rings is 1. The molecule has 2 heterocycles. The standard InChI is InChI=1S/C12H18N4S2/c1-3-5-6-13-12-15-9-8-14-11(17-7-4-2)16-10(9)18-12/h8H,3-7H2,1-2H3,(H,13,15). The molecule has 0 unspecified atom stereocenters. The van der Waals surface area contributed by atoms with E-state index in [0.29, 0.717) is 0 Å². The van der Waals surface area contributed by atoms with Gasteiger partial charge in [0.1, 0.15) is 10.3 Å². The first-order chi connectivity index (χ1) is 8.83. The van der Waals surface area contributed by atoms with Crippen LogP contribution in [0.15, 0.2) is 11.4 Å². The summed E-state index contributed by atoms with van der Waals surface area (Å²) >= 11 is 3.31. The molecule has 2 rings (SSSR count). The third-order valence-corrected chi connectivity index (χ3v) is 4.36. The summed E-state index contributed by atoms with van der Waals surface area (Å²) in [4.78, 5) is 14.3. The highest BCUT2D eigenvalue weighted by Gasteiger charge is 2.06. The molecule has 0 atom stereocenters. The molecule has 0 aliphatic carbocycles. The second kappa shape index (κ2) is 6.89. The van der Waals surface area contributed by atoms with Crippen molar-refractivity contribution >= 4 is 38.6 Å². The van der Waals surface area contributed by atoms with Crippen molar-refractivity contribution in [2.75, 3.05) is 17.6 Å². The second-order valence-corrected chi connectivity index (χ2v) is 6.03. The lowest BCUT2D eigenvalue weighted by Gasteiger charge is -1.98. The van der Waals surface area contributed by atoms with Gasteiger partial charge in [-0.1, -0.05) is 43.4 Å². The lowest BCUT2D eigenvalue weighted by Crippen LogP contribution is -1.99. The lowest BCUT2D eigenvalue weighted by molar-refractivity contribution is 0.833. The van der Waals surface area contributed by atoms with Crippen molar-refractivity contribution in [3.05, 3.63) is 6.20 Å². The minimum Gasteiger partial charge on any atom is -0.361 e. The van der Waals surface area contributed by atoms with E-state index in [9.17, 15) is 0 Å². The van der Waals surface area contributed by atoms with Crippen LogP contribution >= 0.6 is 23.1 Å². The highest BCUT2D eigenvalue weighted by atomic mass is 32.2. The van der Waals surface area contributed by atoms with Gasteiger partial charge in [0, 0.05) is 12.3 Å². The molecule has 4 nitrogen and oxygen atoms in total. The van der Waals surface area contributed by atoms with Crippen LogP contribution in [0.2, 0.25) is 0 Å². The molecule has 0 aromatic carbocycles. The minimum absolute atomic E-state index is 0.855. The number of fused-ring (bicyclic) bond motifs is 1. The molecule has 2 aromatic rings. The number of anilines is 1. The van der Waals surface area contributed by atoms with Gasteiger partial charge in [-0.05, 0) is 12.8 Å². The van der Waals surface area contributed by atoms with Crippen LogP contribution in [0.3, 0.4) is 0 Å². The zero-order valence-electron chi connectivity index (χ0n) is 10.8. The Labute approximate surface area is 116 Å². The molecular formula is C12H18N4S2. The van der Waals surface area contributed by atoms with Crippen LogP contribution < -0.4 is 5.32 Å². The predicted molar refractivity (Wildman–Crippen MR) is 79.6 cm³/mol. The zero-order valence-corrected chi connectivity index (χ0v) is 12.4. The van der Waals surface area contributed by atoms with Crippen LogP contribution in [0.1, 0.15) is 33.1 Å². The van der Waals surface area contributed by atoms with E-state index in [1.165, 1.54) is 12.8 Å². The van der Waals surface area contributed by atoms with E-state index in [1.807, 2.05) is 6.20 Å². The van der Waals surface area contributed by atoms with Gasteiger partial charge in [-0.15, -0.1) is 0 Å². The lowest BCUT2D eigenvalue weighted by atomic mass is 10.3. The van der Waals surface area contributed by atoms with Gasteiger partial charge in [-0.2, -0.15) is 0 Å². The smallest absolute Gasteiger partial charge is 0.189 e. The first-order valence-electron chi connectivity index (χ1n) is 6.33. The summed E-state index contributed by atoms with van der Waals surface area (Å²) in [6, 6.07) is 0. The number of hydrogen-bond acceptors (Lipinski definition) is 6. The van der Waals surface area contributed by atoms with Crippen LogP contribution in [0.5, 0.6) is 0 Å². The Morgan fingerprint density at radius 1 is 1.28 bits per heavy atom. The number of thioether (sulfide) groups is 1. The molecule has 2 aromatic heterocycles. The molecule has 0 radical (unpaired) electrons. The highest BCUT2D eigenvalue weighted by molar-refractivity contribution is 7.99. The van der Waals surface area contributed by atoms with Gasteiger partial charge in [0.05, 0.1) is 6.20 Å². The Morgan fingerprint density at radius 2 is 2.17 bits per heavy atom. The van der Waals surface area contributed by atoms with Gasteiger partial charge >= 0.3 is 0 Å². The van der Waals surface area contributed by atoms with E-state index in [4.69, 9.17) is 0 Å². The average Bonchev–Trinajstić information content (AvgIpc) is 2.78.